The van der Waals surface area contributed by atoms with Gasteiger partial charge >= 0.3 is 0 Å². The fraction of sp³-hybridized carbons (Fsp3) is 0.312. The van der Waals surface area contributed by atoms with Crippen LogP contribution in [0.25, 0.3) is 0 Å². The molecule has 1 unspecified atom stereocenters. The maximum Gasteiger partial charge on any atom is 0.124 e. The molecule has 0 saturated carbocycles. The van der Waals surface area contributed by atoms with E-state index < -0.39 is 0 Å². The Labute approximate surface area is 119 Å². The summed E-state index contributed by atoms with van der Waals surface area (Å²) < 4.78 is 10.8. The molecule has 2 rings (SSSR count). The molecule has 0 radical (unpaired) electrons. The smallest absolute Gasteiger partial charge is 0.124 e. The molecule has 1 N–H and O–H groups in total. The van der Waals surface area contributed by atoms with Crippen LogP contribution in [0.3, 0.4) is 0 Å². The average molecular weight is 272 g/mol. The number of hydrogen-bond donors (Lipinski definition) is 1. The standard InChI is InChI=1S/C16H20N2O2/c1-4-17-16(14-7-5-6-10-18-14)13-11-12(19-2)8-9-15(13)20-3/h5-11,16-17H,4H2,1-3H3. The number of rotatable bonds is 6. The molecule has 4 nitrogen and oxygen atoms in total. The SMILES string of the molecule is CCNC(c1ccccn1)c1cc(OC)ccc1OC. The van der Waals surface area contributed by atoms with Gasteiger partial charge in [-0.3, -0.25) is 4.98 Å². The average Bonchev–Trinajstić information content (AvgIpc) is 2.53. The molecule has 106 valence electrons. The lowest BCUT2D eigenvalue weighted by molar-refractivity contribution is 0.393. The fourth-order valence-electron chi connectivity index (χ4n) is 2.19. The first-order chi connectivity index (χ1) is 9.80. The molecule has 0 spiro atoms. The number of pyridine rings is 1. The summed E-state index contributed by atoms with van der Waals surface area (Å²) in [5.74, 6) is 1.63. The lowest BCUT2D eigenvalue weighted by Gasteiger charge is -2.21. The zero-order valence-corrected chi connectivity index (χ0v) is 12.1. The highest BCUT2D eigenvalue weighted by Gasteiger charge is 2.19. The molecule has 0 bridgehead atoms. The number of ether oxygens (including phenoxy) is 2. The van der Waals surface area contributed by atoms with Crippen LogP contribution < -0.4 is 14.8 Å². The molecular formula is C16H20N2O2. The van der Waals surface area contributed by atoms with Crippen molar-refractivity contribution in [2.24, 2.45) is 0 Å². The Morgan fingerprint density at radius 2 is 2.00 bits per heavy atom. The van der Waals surface area contributed by atoms with Crippen LogP contribution in [-0.4, -0.2) is 25.7 Å². The molecule has 0 aliphatic heterocycles. The van der Waals surface area contributed by atoms with Gasteiger partial charge in [-0.15, -0.1) is 0 Å². The molecule has 0 fully saturated rings. The summed E-state index contributed by atoms with van der Waals surface area (Å²) in [4.78, 5) is 4.45. The van der Waals surface area contributed by atoms with E-state index in [2.05, 4.69) is 17.2 Å². The highest BCUT2D eigenvalue weighted by atomic mass is 16.5. The Morgan fingerprint density at radius 1 is 1.15 bits per heavy atom. The van der Waals surface area contributed by atoms with Crippen LogP contribution in [-0.2, 0) is 0 Å². The van der Waals surface area contributed by atoms with Crippen LogP contribution in [0.15, 0.2) is 42.6 Å². The summed E-state index contributed by atoms with van der Waals surface area (Å²) in [6.07, 6.45) is 1.80. The fourth-order valence-corrected chi connectivity index (χ4v) is 2.19. The van der Waals surface area contributed by atoms with Gasteiger partial charge in [-0.25, -0.2) is 0 Å². The second-order valence-corrected chi connectivity index (χ2v) is 4.35. The molecule has 2 aromatic rings. The van der Waals surface area contributed by atoms with Crippen molar-refractivity contribution in [2.75, 3.05) is 20.8 Å². The van der Waals surface area contributed by atoms with Crippen molar-refractivity contribution in [3.8, 4) is 11.5 Å². The number of benzene rings is 1. The number of hydrogen-bond acceptors (Lipinski definition) is 4. The van der Waals surface area contributed by atoms with Gasteiger partial charge in [0.05, 0.1) is 26.0 Å². The van der Waals surface area contributed by atoms with E-state index in [-0.39, 0.29) is 6.04 Å². The van der Waals surface area contributed by atoms with E-state index in [0.717, 1.165) is 29.3 Å². The van der Waals surface area contributed by atoms with Crippen molar-refractivity contribution in [1.82, 2.24) is 10.3 Å². The zero-order valence-electron chi connectivity index (χ0n) is 12.1. The van der Waals surface area contributed by atoms with Crippen LogP contribution in [0.5, 0.6) is 11.5 Å². The van der Waals surface area contributed by atoms with E-state index in [4.69, 9.17) is 9.47 Å². The van der Waals surface area contributed by atoms with E-state index in [1.54, 1.807) is 20.4 Å². The molecule has 1 heterocycles. The highest BCUT2D eigenvalue weighted by Crippen LogP contribution is 2.32. The Hall–Kier alpha value is -2.07. The third-order valence-electron chi connectivity index (χ3n) is 3.14. The summed E-state index contributed by atoms with van der Waals surface area (Å²) >= 11 is 0. The van der Waals surface area contributed by atoms with E-state index in [1.807, 2.05) is 36.4 Å². The number of methoxy groups -OCH3 is 2. The van der Waals surface area contributed by atoms with Crippen molar-refractivity contribution in [3.05, 3.63) is 53.9 Å². The number of nitrogens with one attached hydrogen (secondary N) is 1. The molecule has 0 aliphatic carbocycles. The van der Waals surface area contributed by atoms with Crippen LogP contribution in [0.2, 0.25) is 0 Å². The summed E-state index contributed by atoms with van der Waals surface area (Å²) in [5, 5.41) is 3.44. The third-order valence-corrected chi connectivity index (χ3v) is 3.14. The van der Waals surface area contributed by atoms with Crippen molar-refractivity contribution < 1.29 is 9.47 Å². The first-order valence-corrected chi connectivity index (χ1v) is 6.66. The Morgan fingerprint density at radius 3 is 2.60 bits per heavy atom. The summed E-state index contributed by atoms with van der Waals surface area (Å²) in [6.45, 7) is 2.91. The van der Waals surface area contributed by atoms with E-state index >= 15 is 0 Å². The predicted octanol–water partition coefficient (Wildman–Crippen LogP) is 2.80. The molecule has 0 aliphatic rings. The summed E-state index contributed by atoms with van der Waals surface area (Å²) in [5.41, 5.74) is 1.98. The lowest BCUT2D eigenvalue weighted by Crippen LogP contribution is -2.23. The van der Waals surface area contributed by atoms with E-state index in [9.17, 15) is 0 Å². The van der Waals surface area contributed by atoms with Gasteiger partial charge in [-0.1, -0.05) is 13.0 Å². The predicted molar refractivity (Wildman–Crippen MR) is 79.3 cm³/mol. The Balaban J connectivity index is 2.48. The van der Waals surface area contributed by atoms with Crippen LogP contribution in [0, 0.1) is 0 Å². The third kappa shape index (κ3) is 3.08. The maximum atomic E-state index is 5.47. The van der Waals surface area contributed by atoms with Crippen molar-refractivity contribution in [1.29, 1.82) is 0 Å². The zero-order chi connectivity index (χ0) is 14.4. The van der Waals surface area contributed by atoms with Crippen LogP contribution in [0.4, 0.5) is 0 Å². The van der Waals surface area contributed by atoms with Crippen molar-refractivity contribution in [3.63, 3.8) is 0 Å². The molecule has 1 atom stereocenters. The van der Waals surface area contributed by atoms with Gasteiger partial charge in [0, 0.05) is 11.8 Å². The number of nitrogens with zero attached hydrogens (tertiary/aromatic N) is 1. The van der Waals surface area contributed by atoms with Gasteiger partial charge in [0.1, 0.15) is 11.5 Å². The maximum absolute atomic E-state index is 5.47. The van der Waals surface area contributed by atoms with Gasteiger partial charge in [0.15, 0.2) is 0 Å². The second-order valence-electron chi connectivity index (χ2n) is 4.35. The monoisotopic (exact) mass is 272 g/mol. The van der Waals surface area contributed by atoms with Gasteiger partial charge in [0.2, 0.25) is 0 Å². The van der Waals surface area contributed by atoms with Gasteiger partial charge in [-0.2, -0.15) is 0 Å². The molecule has 1 aromatic carbocycles. The molecule has 1 aromatic heterocycles. The molecule has 20 heavy (non-hydrogen) atoms. The summed E-state index contributed by atoms with van der Waals surface area (Å²) in [6, 6.07) is 11.7. The van der Waals surface area contributed by atoms with Crippen LogP contribution >= 0.6 is 0 Å². The minimum absolute atomic E-state index is 0.0220. The first kappa shape index (κ1) is 14.3. The Bertz CT molecular complexity index is 543. The van der Waals surface area contributed by atoms with Gasteiger partial charge in [0.25, 0.3) is 0 Å². The molecule has 4 heteroatoms. The molecule has 0 saturated heterocycles. The minimum atomic E-state index is -0.0220. The Kier molecular flexibility index (Phi) is 4.96. The second kappa shape index (κ2) is 6.91. The van der Waals surface area contributed by atoms with Crippen molar-refractivity contribution in [2.45, 2.75) is 13.0 Å². The normalized spacial score (nSPS) is 11.9. The lowest BCUT2D eigenvalue weighted by atomic mass is 10.0. The van der Waals surface area contributed by atoms with Crippen molar-refractivity contribution >= 4 is 0 Å². The van der Waals surface area contributed by atoms with Crippen LogP contribution in [0.1, 0.15) is 24.2 Å². The van der Waals surface area contributed by atoms with E-state index in [0.29, 0.717) is 0 Å². The first-order valence-electron chi connectivity index (χ1n) is 6.66. The molecule has 0 amide bonds. The summed E-state index contributed by atoms with van der Waals surface area (Å²) in [7, 11) is 3.33. The minimum Gasteiger partial charge on any atom is -0.497 e. The van der Waals surface area contributed by atoms with E-state index in [1.165, 1.54) is 0 Å². The highest BCUT2D eigenvalue weighted by molar-refractivity contribution is 5.45. The van der Waals surface area contributed by atoms with Gasteiger partial charge < -0.3 is 14.8 Å². The molecular weight excluding hydrogens is 252 g/mol. The van der Waals surface area contributed by atoms with Gasteiger partial charge in [-0.05, 0) is 36.9 Å². The topological polar surface area (TPSA) is 43.4 Å². The quantitative estimate of drug-likeness (QED) is 0.878. The number of aromatic nitrogens is 1. The largest absolute Gasteiger partial charge is 0.497 e.